The summed E-state index contributed by atoms with van der Waals surface area (Å²) in [6.45, 7) is 0. The van der Waals surface area contributed by atoms with Crippen LogP contribution in [0.1, 0.15) is 77.0 Å². The molecule has 2 heteroatoms. The zero-order valence-corrected chi connectivity index (χ0v) is 12.3. The van der Waals surface area contributed by atoms with Crippen molar-refractivity contribution in [3.05, 3.63) is 12.2 Å². The van der Waals surface area contributed by atoms with Crippen LogP contribution in [0.25, 0.3) is 0 Å². The van der Waals surface area contributed by atoms with Crippen molar-refractivity contribution in [1.29, 1.82) is 0 Å². The van der Waals surface area contributed by atoms with Crippen LogP contribution in [0.2, 0.25) is 0 Å². The molecule has 1 atom stereocenters. The van der Waals surface area contributed by atoms with Crippen LogP contribution in [-0.2, 0) is 4.79 Å². The van der Waals surface area contributed by atoms with Crippen molar-refractivity contribution in [3.8, 4) is 0 Å². The van der Waals surface area contributed by atoms with Crippen molar-refractivity contribution < 1.29 is 4.79 Å². The topological polar surface area (TPSA) is 17.1 Å². The van der Waals surface area contributed by atoms with Crippen LogP contribution in [-0.4, -0.2) is 5.24 Å². The fourth-order valence-electron chi connectivity index (χ4n) is 2.67. The SMILES string of the molecule is O=C(Cl)CCCCCCCCCCC1C=CCC1. The van der Waals surface area contributed by atoms with Gasteiger partial charge in [0.05, 0.1) is 0 Å². The van der Waals surface area contributed by atoms with E-state index in [0.717, 1.165) is 18.8 Å². The Kier molecular flexibility index (Phi) is 9.28. The van der Waals surface area contributed by atoms with E-state index in [0.29, 0.717) is 6.42 Å². The van der Waals surface area contributed by atoms with Gasteiger partial charge in [-0.2, -0.15) is 0 Å². The van der Waals surface area contributed by atoms with Crippen LogP contribution < -0.4 is 0 Å². The number of carbonyl (C=O) groups is 1. The molecule has 0 spiro atoms. The summed E-state index contributed by atoms with van der Waals surface area (Å²) in [6.07, 6.45) is 19.6. The standard InChI is InChI=1S/C16H27ClO/c17-16(18)14-8-6-4-2-1-3-5-7-11-15-12-9-10-13-15/h9,12,15H,1-8,10-11,13-14H2. The fourth-order valence-corrected chi connectivity index (χ4v) is 2.80. The molecule has 104 valence electrons. The maximum Gasteiger partial charge on any atom is 0.221 e. The monoisotopic (exact) mass is 270 g/mol. The lowest BCUT2D eigenvalue weighted by Crippen LogP contribution is -1.91. The Bertz CT molecular complexity index is 247. The summed E-state index contributed by atoms with van der Waals surface area (Å²) in [5, 5.41) is -0.184. The molecule has 0 aromatic rings. The smallest absolute Gasteiger partial charge is 0.221 e. The van der Waals surface area contributed by atoms with E-state index in [1.165, 1.54) is 57.8 Å². The summed E-state index contributed by atoms with van der Waals surface area (Å²) in [5.74, 6) is 0.887. The second-order valence-corrected chi connectivity index (χ2v) is 5.91. The van der Waals surface area contributed by atoms with E-state index >= 15 is 0 Å². The molecule has 1 aliphatic rings. The lowest BCUT2D eigenvalue weighted by Gasteiger charge is -2.06. The van der Waals surface area contributed by atoms with Crippen molar-refractivity contribution in [2.75, 3.05) is 0 Å². The molecule has 0 amide bonds. The predicted molar refractivity (Wildman–Crippen MR) is 78.9 cm³/mol. The number of halogens is 1. The third-order valence-corrected chi connectivity index (χ3v) is 4.00. The summed E-state index contributed by atoms with van der Waals surface area (Å²) in [6, 6.07) is 0. The van der Waals surface area contributed by atoms with Crippen molar-refractivity contribution in [1.82, 2.24) is 0 Å². The molecule has 1 nitrogen and oxygen atoms in total. The highest BCUT2D eigenvalue weighted by Crippen LogP contribution is 2.23. The average molecular weight is 271 g/mol. The zero-order chi connectivity index (χ0) is 13.1. The molecular formula is C16H27ClO. The molecule has 0 radical (unpaired) electrons. The second kappa shape index (κ2) is 10.6. The molecule has 0 bridgehead atoms. The minimum atomic E-state index is -0.184. The van der Waals surface area contributed by atoms with Crippen molar-refractivity contribution >= 4 is 16.8 Å². The van der Waals surface area contributed by atoms with E-state index in [4.69, 9.17) is 11.6 Å². The minimum Gasteiger partial charge on any atom is -0.281 e. The lowest BCUT2D eigenvalue weighted by atomic mass is 9.99. The normalized spacial score (nSPS) is 18.4. The molecule has 0 aromatic heterocycles. The number of carbonyl (C=O) groups excluding carboxylic acids is 1. The first kappa shape index (κ1) is 15.8. The molecule has 1 rings (SSSR count). The first-order valence-electron chi connectivity index (χ1n) is 7.64. The van der Waals surface area contributed by atoms with Crippen LogP contribution in [0.3, 0.4) is 0 Å². The van der Waals surface area contributed by atoms with E-state index in [9.17, 15) is 4.79 Å². The van der Waals surface area contributed by atoms with Crippen molar-refractivity contribution in [2.45, 2.75) is 77.0 Å². The van der Waals surface area contributed by atoms with Gasteiger partial charge in [0.2, 0.25) is 5.24 Å². The van der Waals surface area contributed by atoms with Gasteiger partial charge in [0.15, 0.2) is 0 Å². The first-order valence-corrected chi connectivity index (χ1v) is 8.02. The van der Waals surface area contributed by atoms with E-state index in [1.54, 1.807) is 0 Å². The summed E-state index contributed by atoms with van der Waals surface area (Å²) < 4.78 is 0. The van der Waals surface area contributed by atoms with Gasteiger partial charge < -0.3 is 0 Å². The van der Waals surface area contributed by atoms with Gasteiger partial charge in [0.1, 0.15) is 0 Å². The van der Waals surface area contributed by atoms with Gasteiger partial charge >= 0.3 is 0 Å². The molecule has 1 aliphatic carbocycles. The largest absolute Gasteiger partial charge is 0.281 e. The number of rotatable bonds is 11. The molecule has 1 unspecified atom stereocenters. The van der Waals surface area contributed by atoms with E-state index in [-0.39, 0.29) is 5.24 Å². The number of hydrogen-bond donors (Lipinski definition) is 0. The third kappa shape index (κ3) is 8.74. The highest BCUT2D eigenvalue weighted by atomic mass is 35.5. The van der Waals surface area contributed by atoms with Gasteiger partial charge in [-0.25, -0.2) is 0 Å². The first-order chi connectivity index (χ1) is 8.79. The lowest BCUT2D eigenvalue weighted by molar-refractivity contribution is -0.111. The average Bonchev–Trinajstić information content (AvgIpc) is 2.84. The van der Waals surface area contributed by atoms with Gasteiger partial charge in [-0.3, -0.25) is 4.79 Å². The molecule has 0 aromatic carbocycles. The Hall–Kier alpha value is -0.300. The molecule has 0 aliphatic heterocycles. The van der Waals surface area contributed by atoms with Crippen LogP contribution in [0.5, 0.6) is 0 Å². The fraction of sp³-hybridized carbons (Fsp3) is 0.812. The van der Waals surface area contributed by atoms with E-state index in [1.807, 2.05) is 0 Å². The Morgan fingerprint density at radius 2 is 1.61 bits per heavy atom. The van der Waals surface area contributed by atoms with E-state index < -0.39 is 0 Å². The number of allylic oxidation sites excluding steroid dienone is 2. The maximum absolute atomic E-state index is 10.5. The Labute approximate surface area is 117 Å². The van der Waals surface area contributed by atoms with Crippen LogP contribution in [0, 0.1) is 5.92 Å². The number of hydrogen-bond acceptors (Lipinski definition) is 1. The Morgan fingerprint density at radius 3 is 2.17 bits per heavy atom. The van der Waals surface area contributed by atoms with Crippen LogP contribution in [0.15, 0.2) is 12.2 Å². The third-order valence-electron chi connectivity index (χ3n) is 3.81. The maximum atomic E-state index is 10.5. The van der Waals surface area contributed by atoms with Crippen LogP contribution >= 0.6 is 11.6 Å². The molecule has 0 heterocycles. The summed E-state index contributed by atoms with van der Waals surface area (Å²) in [5.41, 5.74) is 0. The Balaban J connectivity index is 1.73. The summed E-state index contributed by atoms with van der Waals surface area (Å²) in [4.78, 5) is 10.5. The van der Waals surface area contributed by atoms with Crippen molar-refractivity contribution in [3.63, 3.8) is 0 Å². The quantitative estimate of drug-likeness (QED) is 0.271. The van der Waals surface area contributed by atoms with Gasteiger partial charge in [-0.1, -0.05) is 57.1 Å². The molecule has 0 saturated carbocycles. The molecule has 0 N–H and O–H groups in total. The van der Waals surface area contributed by atoms with Gasteiger partial charge in [0, 0.05) is 6.42 Å². The summed E-state index contributed by atoms with van der Waals surface area (Å²) in [7, 11) is 0. The molecule has 0 saturated heterocycles. The minimum absolute atomic E-state index is 0.184. The van der Waals surface area contributed by atoms with Crippen molar-refractivity contribution in [2.24, 2.45) is 5.92 Å². The predicted octanol–water partition coefficient (Wildman–Crippen LogP) is 5.62. The zero-order valence-electron chi connectivity index (χ0n) is 11.5. The highest BCUT2D eigenvalue weighted by Gasteiger charge is 2.07. The molecular weight excluding hydrogens is 244 g/mol. The highest BCUT2D eigenvalue weighted by molar-refractivity contribution is 6.63. The molecule has 0 fully saturated rings. The second-order valence-electron chi connectivity index (χ2n) is 5.49. The van der Waals surface area contributed by atoms with Crippen LogP contribution in [0.4, 0.5) is 0 Å². The molecule has 18 heavy (non-hydrogen) atoms. The van der Waals surface area contributed by atoms with E-state index in [2.05, 4.69) is 12.2 Å². The summed E-state index contributed by atoms with van der Waals surface area (Å²) >= 11 is 5.29. The van der Waals surface area contributed by atoms with Gasteiger partial charge in [-0.05, 0) is 43.2 Å². The van der Waals surface area contributed by atoms with Gasteiger partial charge in [0.25, 0.3) is 0 Å². The number of unbranched alkanes of at least 4 members (excludes halogenated alkanes) is 7. The Morgan fingerprint density at radius 1 is 1.00 bits per heavy atom. The van der Waals surface area contributed by atoms with Gasteiger partial charge in [-0.15, -0.1) is 0 Å².